The average Bonchev–Trinajstić information content (AvgIpc) is 2.40. The molecule has 0 N–H and O–H groups in total. The Morgan fingerprint density at radius 3 is 2.00 bits per heavy atom. The topological polar surface area (TPSA) is 0 Å². The van der Waals surface area contributed by atoms with Gasteiger partial charge in [-0.2, -0.15) is 0 Å². The van der Waals surface area contributed by atoms with Gasteiger partial charge < -0.3 is 0 Å². The molecule has 0 aliphatic carbocycles. The SMILES string of the molecule is Cc1cc(C)c(C)c(C(Cl)c2ccc(Br)c(Cl)c2)c1C. The maximum absolute atomic E-state index is 6.74. The summed E-state index contributed by atoms with van der Waals surface area (Å²) in [5, 5.41) is 0.507. The fraction of sp³-hybridized carbons (Fsp3) is 0.294. The molecule has 0 heterocycles. The van der Waals surface area contributed by atoms with Crippen LogP contribution >= 0.6 is 39.1 Å². The molecular weight excluding hydrogens is 355 g/mol. The summed E-state index contributed by atoms with van der Waals surface area (Å²) < 4.78 is 0.889. The van der Waals surface area contributed by atoms with E-state index in [-0.39, 0.29) is 5.38 Å². The summed E-state index contributed by atoms with van der Waals surface area (Å²) in [4.78, 5) is 0. The lowest BCUT2D eigenvalue weighted by Gasteiger charge is -2.20. The summed E-state index contributed by atoms with van der Waals surface area (Å²) in [6.45, 7) is 8.52. The van der Waals surface area contributed by atoms with Crippen LogP contribution in [0, 0.1) is 27.7 Å². The molecule has 0 bridgehead atoms. The van der Waals surface area contributed by atoms with Crippen molar-refractivity contribution in [2.45, 2.75) is 33.1 Å². The first-order valence-corrected chi connectivity index (χ1v) is 8.10. The third-order valence-corrected chi connectivity index (χ3v) is 5.62. The number of aryl methyl sites for hydroxylation is 2. The van der Waals surface area contributed by atoms with Crippen LogP contribution in [0.1, 0.15) is 38.8 Å². The molecular formula is C17H17BrCl2. The highest BCUT2D eigenvalue weighted by atomic mass is 79.9. The first-order valence-electron chi connectivity index (χ1n) is 6.49. The first kappa shape index (κ1) is 15.9. The third-order valence-electron chi connectivity index (χ3n) is 3.91. The molecule has 0 spiro atoms. The van der Waals surface area contributed by atoms with Crippen LogP contribution in [0.5, 0.6) is 0 Å². The summed E-state index contributed by atoms with van der Waals surface area (Å²) in [5.74, 6) is 0. The van der Waals surface area contributed by atoms with Crippen molar-refractivity contribution in [1.82, 2.24) is 0 Å². The first-order chi connectivity index (χ1) is 9.32. The van der Waals surface area contributed by atoms with E-state index in [4.69, 9.17) is 23.2 Å². The highest BCUT2D eigenvalue weighted by molar-refractivity contribution is 9.10. The molecule has 2 aromatic rings. The second-order valence-corrected chi connectivity index (χ2v) is 6.91. The van der Waals surface area contributed by atoms with Crippen molar-refractivity contribution in [3.05, 3.63) is 67.1 Å². The second-order valence-electron chi connectivity index (χ2n) is 5.21. The maximum atomic E-state index is 6.74. The van der Waals surface area contributed by atoms with Gasteiger partial charge in [0, 0.05) is 4.47 Å². The largest absolute Gasteiger partial charge is 0.113 e. The van der Waals surface area contributed by atoms with E-state index >= 15 is 0 Å². The van der Waals surface area contributed by atoms with Gasteiger partial charge in [0.15, 0.2) is 0 Å². The molecule has 1 unspecified atom stereocenters. The Balaban J connectivity index is 2.58. The minimum atomic E-state index is -0.181. The summed E-state index contributed by atoms with van der Waals surface area (Å²) in [7, 11) is 0. The molecule has 0 aliphatic heterocycles. The van der Waals surface area contributed by atoms with Crippen LogP contribution in [-0.2, 0) is 0 Å². The smallest absolute Gasteiger partial charge is 0.0841 e. The molecule has 0 saturated carbocycles. The normalized spacial score (nSPS) is 12.6. The fourth-order valence-corrected chi connectivity index (χ4v) is 3.36. The van der Waals surface area contributed by atoms with Crippen molar-refractivity contribution in [2.75, 3.05) is 0 Å². The van der Waals surface area contributed by atoms with Gasteiger partial charge in [0.05, 0.1) is 10.4 Å². The lowest BCUT2D eigenvalue weighted by molar-refractivity contribution is 1.05. The summed E-state index contributed by atoms with van der Waals surface area (Å²) in [5.41, 5.74) is 7.28. The van der Waals surface area contributed by atoms with Crippen molar-refractivity contribution in [3.63, 3.8) is 0 Å². The quantitative estimate of drug-likeness (QED) is 0.517. The van der Waals surface area contributed by atoms with Crippen LogP contribution < -0.4 is 0 Å². The molecule has 0 aliphatic rings. The zero-order chi connectivity index (χ0) is 15.0. The van der Waals surface area contributed by atoms with E-state index in [0.717, 1.165) is 10.0 Å². The summed E-state index contributed by atoms with van der Waals surface area (Å²) in [6, 6.07) is 8.11. The Hall–Kier alpha value is -0.500. The Bertz CT molecular complexity index is 636. The van der Waals surface area contributed by atoms with E-state index < -0.39 is 0 Å². The molecule has 2 aromatic carbocycles. The maximum Gasteiger partial charge on any atom is 0.0841 e. The van der Waals surface area contributed by atoms with E-state index in [2.05, 4.69) is 49.7 Å². The van der Waals surface area contributed by atoms with Gasteiger partial charge in [-0.3, -0.25) is 0 Å². The van der Waals surface area contributed by atoms with Crippen molar-refractivity contribution in [3.8, 4) is 0 Å². The van der Waals surface area contributed by atoms with Crippen LogP contribution in [0.25, 0.3) is 0 Å². The van der Waals surface area contributed by atoms with Gasteiger partial charge in [-0.15, -0.1) is 11.6 Å². The van der Waals surface area contributed by atoms with Crippen molar-refractivity contribution < 1.29 is 0 Å². The average molecular weight is 372 g/mol. The molecule has 0 amide bonds. The molecule has 0 fully saturated rings. The third kappa shape index (κ3) is 2.90. The molecule has 0 radical (unpaired) electrons. The number of rotatable bonds is 2. The zero-order valence-corrected chi connectivity index (χ0v) is 15.1. The van der Waals surface area contributed by atoms with Gasteiger partial charge in [-0.1, -0.05) is 23.7 Å². The predicted molar refractivity (Wildman–Crippen MR) is 92.2 cm³/mol. The van der Waals surface area contributed by atoms with Crippen LogP contribution in [0.2, 0.25) is 5.02 Å². The van der Waals surface area contributed by atoms with Crippen molar-refractivity contribution in [2.24, 2.45) is 0 Å². The molecule has 0 nitrogen and oxygen atoms in total. The Morgan fingerprint density at radius 2 is 1.50 bits per heavy atom. The van der Waals surface area contributed by atoms with Gasteiger partial charge >= 0.3 is 0 Å². The molecule has 2 rings (SSSR count). The van der Waals surface area contributed by atoms with Crippen molar-refractivity contribution in [1.29, 1.82) is 0 Å². The molecule has 3 heteroatoms. The number of alkyl halides is 1. The van der Waals surface area contributed by atoms with E-state index in [9.17, 15) is 0 Å². The minimum Gasteiger partial charge on any atom is -0.113 e. The van der Waals surface area contributed by atoms with E-state index in [1.165, 1.54) is 27.8 Å². The van der Waals surface area contributed by atoms with Crippen LogP contribution in [0.4, 0.5) is 0 Å². The van der Waals surface area contributed by atoms with Gasteiger partial charge in [0.25, 0.3) is 0 Å². The Labute approximate surface area is 139 Å². The van der Waals surface area contributed by atoms with Gasteiger partial charge in [0.2, 0.25) is 0 Å². The predicted octanol–water partition coefficient (Wildman–Crippen LogP) is 6.66. The van der Waals surface area contributed by atoms with Crippen molar-refractivity contribution >= 4 is 39.1 Å². The number of benzene rings is 2. The molecule has 0 aromatic heterocycles. The molecule has 20 heavy (non-hydrogen) atoms. The monoisotopic (exact) mass is 370 g/mol. The lowest BCUT2D eigenvalue weighted by Crippen LogP contribution is -2.03. The van der Waals surface area contributed by atoms with Crippen LogP contribution in [-0.4, -0.2) is 0 Å². The molecule has 0 saturated heterocycles. The minimum absolute atomic E-state index is 0.181. The van der Waals surface area contributed by atoms with Gasteiger partial charge in [0.1, 0.15) is 0 Å². The fourth-order valence-electron chi connectivity index (χ4n) is 2.46. The zero-order valence-electron chi connectivity index (χ0n) is 12.0. The summed E-state index contributed by atoms with van der Waals surface area (Å²) >= 11 is 16.3. The number of hydrogen-bond donors (Lipinski definition) is 0. The van der Waals surface area contributed by atoms with Gasteiger partial charge in [-0.25, -0.2) is 0 Å². The van der Waals surface area contributed by atoms with Crippen LogP contribution in [0.15, 0.2) is 28.7 Å². The van der Waals surface area contributed by atoms with E-state index in [1.54, 1.807) is 0 Å². The van der Waals surface area contributed by atoms with Crippen LogP contribution in [0.3, 0.4) is 0 Å². The Kier molecular flexibility index (Phi) is 4.84. The highest BCUT2D eigenvalue weighted by Gasteiger charge is 2.19. The number of hydrogen-bond acceptors (Lipinski definition) is 0. The summed E-state index contributed by atoms with van der Waals surface area (Å²) in [6.07, 6.45) is 0. The highest BCUT2D eigenvalue weighted by Crippen LogP contribution is 2.37. The Morgan fingerprint density at radius 1 is 0.950 bits per heavy atom. The second kappa shape index (κ2) is 6.09. The van der Waals surface area contributed by atoms with Gasteiger partial charge in [-0.05, 0) is 89.1 Å². The lowest BCUT2D eigenvalue weighted by atomic mass is 9.90. The number of halogens is 3. The molecule has 1 atom stereocenters. The van der Waals surface area contributed by atoms with E-state index in [1.807, 2.05) is 18.2 Å². The van der Waals surface area contributed by atoms with E-state index in [0.29, 0.717) is 5.02 Å². The standard InChI is InChI=1S/C17H17BrCl2/c1-9-7-10(2)12(4)16(11(9)3)17(20)13-5-6-14(18)15(19)8-13/h5-8,17H,1-4H3. The molecule has 106 valence electrons.